The largest absolute Gasteiger partial charge is 0.497 e. The highest BCUT2D eigenvalue weighted by molar-refractivity contribution is 7.92. The molecule has 10 heteroatoms. The van der Waals surface area contributed by atoms with Gasteiger partial charge in [-0.2, -0.15) is 0 Å². The van der Waals surface area contributed by atoms with Crippen molar-refractivity contribution in [1.82, 2.24) is 10.2 Å². The summed E-state index contributed by atoms with van der Waals surface area (Å²) in [6.07, 6.45) is 1.79. The zero-order valence-electron chi connectivity index (χ0n) is 20.2. The Labute approximate surface area is 206 Å². The Kier molecular flexibility index (Phi) is 9.76. The Balaban J connectivity index is 2.42. The Morgan fingerprint density at radius 3 is 2.47 bits per heavy atom. The number of sulfonamides is 1. The minimum Gasteiger partial charge on any atom is -0.497 e. The minimum absolute atomic E-state index is 0.105. The van der Waals surface area contributed by atoms with Gasteiger partial charge in [-0.15, -0.1) is 0 Å². The molecular formula is C24H32ClN3O5S. The molecule has 2 amide bonds. The first-order valence-electron chi connectivity index (χ1n) is 10.9. The fraction of sp³-hybridized carbons (Fsp3) is 0.417. The van der Waals surface area contributed by atoms with Crippen molar-refractivity contribution in [2.24, 2.45) is 0 Å². The number of nitrogens with zero attached hydrogens (tertiary/aromatic N) is 2. The lowest BCUT2D eigenvalue weighted by Crippen LogP contribution is -2.51. The quantitative estimate of drug-likeness (QED) is 0.501. The summed E-state index contributed by atoms with van der Waals surface area (Å²) in [4.78, 5) is 27.6. The molecule has 0 unspecified atom stereocenters. The summed E-state index contributed by atoms with van der Waals surface area (Å²) in [5.74, 6) is -0.212. The lowest BCUT2D eigenvalue weighted by Gasteiger charge is -2.32. The number of ether oxygens (including phenoxy) is 1. The average Bonchev–Trinajstić information content (AvgIpc) is 2.78. The number of anilines is 1. The van der Waals surface area contributed by atoms with Crippen molar-refractivity contribution in [2.75, 3.05) is 30.8 Å². The third-order valence-electron chi connectivity index (χ3n) is 5.31. The molecule has 0 radical (unpaired) electrons. The average molecular weight is 510 g/mol. The van der Waals surface area contributed by atoms with E-state index in [9.17, 15) is 18.0 Å². The van der Waals surface area contributed by atoms with E-state index in [0.29, 0.717) is 28.6 Å². The summed E-state index contributed by atoms with van der Waals surface area (Å²) in [5, 5.41) is 3.26. The van der Waals surface area contributed by atoms with Crippen LogP contribution in [0, 0.1) is 6.92 Å². The van der Waals surface area contributed by atoms with Gasteiger partial charge >= 0.3 is 0 Å². The van der Waals surface area contributed by atoms with E-state index in [4.69, 9.17) is 16.3 Å². The Bertz CT molecular complexity index is 1120. The molecule has 186 valence electrons. The maximum Gasteiger partial charge on any atom is 0.244 e. The molecule has 0 bridgehead atoms. The molecule has 0 heterocycles. The minimum atomic E-state index is -3.80. The van der Waals surface area contributed by atoms with Gasteiger partial charge < -0.3 is 15.0 Å². The predicted octanol–water partition coefficient (Wildman–Crippen LogP) is 3.37. The Hall–Kier alpha value is -2.78. The summed E-state index contributed by atoms with van der Waals surface area (Å²) < 4.78 is 31.6. The number of carbonyl (C=O) groups excluding carboxylic acids is 2. The van der Waals surface area contributed by atoms with Crippen LogP contribution in [0.3, 0.4) is 0 Å². The molecule has 1 N–H and O–H groups in total. The number of nitrogens with one attached hydrogen (secondary N) is 1. The van der Waals surface area contributed by atoms with Crippen LogP contribution in [0.1, 0.15) is 31.4 Å². The van der Waals surface area contributed by atoms with Crippen molar-refractivity contribution in [3.8, 4) is 5.75 Å². The van der Waals surface area contributed by atoms with E-state index >= 15 is 0 Å². The van der Waals surface area contributed by atoms with E-state index in [1.54, 1.807) is 57.4 Å². The number of aryl methyl sites for hydroxylation is 1. The van der Waals surface area contributed by atoms with E-state index in [1.807, 2.05) is 13.0 Å². The third kappa shape index (κ3) is 7.36. The molecule has 8 nitrogen and oxygen atoms in total. The van der Waals surface area contributed by atoms with Crippen LogP contribution in [0.5, 0.6) is 5.75 Å². The molecule has 0 fully saturated rings. The van der Waals surface area contributed by atoms with E-state index in [-0.39, 0.29) is 12.5 Å². The van der Waals surface area contributed by atoms with Crippen LogP contribution in [-0.2, 0) is 26.2 Å². The number of benzene rings is 2. The van der Waals surface area contributed by atoms with Crippen LogP contribution in [0.25, 0.3) is 0 Å². The molecule has 0 aromatic heterocycles. The fourth-order valence-electron chi connectivity index (χ4n) is 3.44. The maximum absolute atomic E-state index is 13.5. The topological polar surface area (TPSA) is 96.0 Å². The second-order valence-electron chi connectivity index (χ2n) is 8.04. The summed E-state index contributed by atoms with van der Waals surface area (Å²) in [5.41, 5.74) is 1.71. The molecule has 0 aliphatic heterocycles. The van der Waals surface area contributed by atoms with Gasteiger partial charge in [0.15, 0.2) is 0 Å². The highest BCUT2D eigenvalue weighted by atomic mass is 35.5. The SMILES string of the molecule is CCCNC(=O)[C@@H](C)N(Cc1cccc(OC)c1)C(=O)CN(c1ccc(Cl)cc1C)S(C)(=O)=O. The molecule has 0 spiro atoms. The first-order chi connectivity index (χ1) is 16.0. The highest BCUT2D eigenvalue weighted by Gasteiger charge is 2.30. The van der Waals surface area contributed by atoms with Crippen LogP contribution in [0.4, 0.5) is 5.69 Å². The molecule has 0 aliphatic carbocycles. The van der Waals surface area contributed by atoms with Crippen molar-refractivity contribution in [2.45, 2.75) is 39.8 Å². The number of halogens is 1. The lowest BCUT2D eigenvalue weighted by molar-refractivity contribution is -0.139. The van der Waals surface area contributed by atoms with Crippen molar-refractivity contribution < 1.29 is 22.7 Å². The van der Waals surface area contributed by atoms with Crippen molar-refractivity contribution in [1.29, 1.82) is 0 Å². The molecule has 2 aromatic rings. The summed E-state index contributed by atoms with van der Waals surface area (Å²) in [7, 11) is -2.26. The number of amides is 2. The van der Waals surface area contributed by atoms with Crippen LogP contribution >= 0.6 is 11.6 Å². The van der Waals surface area contributed by atoms with Crippen molar-refractivity contribution in [3.63, 3.8) is 0 Å². The van der Waals surface area contributed by atoms with E-state index < -0.39 is 28.5 Å². The van der Waals surface area contributed by atoms with Crippen molar-refractivity contribution >= 4 is 39.1 Å². The monoisotopic (exact) mass is 509 g/mol. The van der Waals surface area contributed by atoms with Gasteiger partial charge in [0.1, 0.15) is 18.3 Å². The number of hydrogen-bond acceptors (Lipinski definition) is 5. The molecule has 2 rings (SSSR count). The first-order valence-corrected chi connectivity index (χ1v) is 13.1. The van der Waals surface area contributed by atoms with Gasteiger partial charge in [-0.1, -0.05) is 30.7 Å². The van der Waals surface area contributed by atoms with Crippen LogP contribution < -0.4 is 14.4 Å². The fourth-order valence-corrected chi connectivity index (χ4v) is 4.57. The van der Waals surface area contributed by atoms with Gasteiger partial charge in [-0.3, -0.25) is 13.9 Å². The van der Waals surface area contributed by atoms with Gasteiger partial charge in [0.05, 0.1) is 19.1 Å². The third-order valence-corrected chi connectivity index (χ3v) is 6.67. The smallest absolute Gasteiger partial charge is 0.244 e. The van der Waals surface area contributed by atoms with Crippen molar-refractivity contribution in [3.05, 3.63) is 58.6 Å². The van der Waals surface area contributed by atoms with Gasteiger partial charge in [0.2, 0.25) is 21.8 Å². The molecule has 0 saturated carbocycles. The van der Waals surface area contributed by atoms with Crippen LogP contribution in [0.15, 0.2) is 42.5 Å². The molecule has 0 saturated heterocycles. The Morgan fingerprint density at radius 1 is 1.18 bits per heavy atom. The van der Waals surface area contributed by atoms with E-state index in [1.165, 1.54) is 4.90 Å². The maximum atomic E-state index is 13.5. The molecule has 34 heavy (non-hydrogen) atoms. The zero-order chi connectivity index (χ0) is 25.5. The highest BCUT2D eigenvalue weighted by Crippen LogP contribution is 2.26. The molecule has 1 atom stereocenters. The summed E-state index contributed by atoms with van der Waals surface area (Å²) in [6.45, 7) is 5.40. The normalized spacial score (nSPS) is 12.1. The number of rotatable bonds is 11. The summed E-state index contributed by atoms with van der Waals surface area (Å²) in [6, 6.07) is 11.1. The van der Waals surface area contributed by atoms with Gasteiger partial charge in [-0.05, 0) is 61.7 Å². The lowest BCUT2D eigenvalue weighted by atomic mass is 10.1. The standard InChI is InChI=1S/C24H32ClN3O5S/c1-6-12-26-24(30)18(3)27(15-19-8-7-9-21(14-19)33-4)23(29)16-28(34(5,31)32)22-11-10-20(25)13-17(22)2/h7-11,13-14,18H,6,12,15-16H2,1-5H3,(H,26,30)/t18-/m1/s1. The van der Waals surface area contributed by atoms with E-state index in [0.717, 1.165) is 22.5 Å². The first kappa shape index (κ1) is 27.5. The van der Waals surface area contributed by atoms with E-state index in [2.05, 4.69) is 5.32 Å². The van der Waals surface area contributed by atoms with Gasteiger partial charge in [-0.25, -0.2) is 8.42 Å². The van der Waals surface area contributed by atoms with Gasteiger partial charge in [0, 0.05) is 18.1 Å². The molecule has 0 aliphatic rings. The van der Waals surface area contributed by atoms with Crippen LogP contribution in [-0.4, -0.2) is 57.6 Å². The predicted molar refractivity (Wildman–Crippen MR) is 135 cm³/mol. The molecular weight excluding hydrogens is 478 g/mol. The molecule has 2 aromatic carbocycles. The number of methoxy groups -OCH3 is 1. The number of hydrogen-bond donors (Lipinski definition) is 1. The second-order valence-corrected chi connectivity index (χ2v) is 10.4. The second kappa shape index (κ2) is 12.1. The van der Waals surface area contributed by atoms with Gasteiger partial charge in [0.25, 0.3) is 0 Å². The van der Waals surface area contributed by atoms with Crippen LogP contribution in [0.2, 0.25) is 5.02 Å². The zero-order valence-corrected chi connectivity index (χ0v) is 21.7. The number of carbonyl (C=O) groups is 2. The Morgan fingerprint density at radius 2 is 1.88 bits per heavy atom. The summed E-state index contributed by atoms with van der Waals surface area (Å²) >= 11 is 6.03.